The number of anilines is 1. The van der Waals surface area contributed by atoms with Crippen molar-refractivity contribution in [2.24, 2.45) is 0 Å². The van der Waals surface area contributed by atoms with Crippen molar-refractivity contribution in [3.05, 3.63) is 60.9 Å². The van der Waals surface area contributed by atoms with Gasteiger partial charge in [0.1, 0.15) is 6.33 Å². The minimum atomic E-state index is 0.620. The summed E-state index contributed by atoms with van der Waals surface area (Å²) in [6.07, 6.45) is 1.74. The molecule has 0 radical (unpaired) electrons. The van der Waals surface area contributed by atoms with Gasteiger partial charge in [0.05, 0.1) is 11.0 Å². The topological polar surface area (TPSA) is 29.9 Å². The maximum absolute atomic E-state index is 5.40. The van der Waals surface area contributed by atoms with Crippen LogP contribution in [0.15, 0.2) is 60.9 Å². The van der Waals surface area contributed by atoms with Gasteiger partial charge < -0.3 is 5.32 Å². The van der Waals surface area contributed by atoms with Crippen molar-refractivity contribution in [2.75, 3.05) is 5.32 Å². The molecular weight excluding hydrogens is 242 g/mol. The molecule has 0 unspecified atom stereocenters. The van der Waals surface area contributed by atoms with Crippen LogP contribution in [0.3, 0.4) is 0 Å². The van der Waals surface area contributed by atoms with E-state index in [1.807, 2.05) is 59.2 Å². The highest BCUT2D eigenvalue weighted by Gasteiger charge is 2.05. The molecule has 88 valence electrons. The summed E-state index contributed by atoms with van der Waals surface area (Å²) in [7, 11) is 0. The van der Waals surface area contributed by atoms with Gasteiger partial charge in [0, 0.05) is 5.69 Å². The van der Waals surface area contributed by atoms with E-state index in [4.69, 9.17) is 12.2 Å². The zero-order chi connectivity index (χ0) is 12.4. The van der Waals surface area contributed by atoms with Crippen LogP contribution in [0.25, 0.3) is 11.0 Å². The lowest BCUT2D eigenvalue weighted by Crippen LogP contribution is -2.17. The Morgan fingerprint density at radius 2 is 1.72 bits per heavy atom. The molecule has 2 aromatic carbocycles. The van der Waals surface area contributed by atoms with E-state index < -0.39 is 0 Å². The molecule has 1 aromatic heterocycles. The fourth-order valence-corrected chi connectivity index (χ4v) is 2.09. The lowest BCUT2D eigenvalue weighted by atomic mass is 10.3. The van der Waals surface area contributed by atoms with E-state index in [-0.39, 0.29) is 0 Å². The van der Waals surface area contributed by atoms with Crippen LogP contribution < -0.4 is 5.32 Å². The van der Waals surface area contributed by atoms with Crippen molar-refractivity contribution in [3.63, 3.8) is 0 Å². The molecule has 3 rings (SSSR count). The van der Waals surface area contributed by atoms with Crippen LogP contribution in [0.4, 0.5) is 5.69 Å². The summed E-state index contributed by atoms with van der Waals surface area (Å²) in [6, 6.07) is 17.8. The quantitative estimate of drug-likeness (QED) is 0.675. The molecule has 0 atom stereocenters. The largest absolute Gasteiger partial charge is 0.332 e. The third kappa shape index (κ3) is 1.98. The minimum absolute atomic E-state index is 0.620. The van der Waals surface area contributed by atoms with Gasteiger partial charge >= 0.3 is 0 Å². The first-order chi connectivity index (χ1) is 8.84. The second kappa shape index (κ2) is 4.58. The molecule has 0 aliphatic carbocycles. The average Bonchev–Trinajstić information content (AvgIpc) is 2.84. The molecule has 3 nitrogen and oxygen atoms in total. The molecule has 0 aliphatic rings. The first kappa shape index (κ1) is 10.9. The van der Waals surface area contributed by atoms with E-state index in [2.05, 4.69) is 10.3 Å². The SMILES string of the molecule is S=C(Nc1ccccc1)n1cnc2ccccc21. The number of imidazole rings is 1. The minimum Gasteiger partial charge on any atom is -0.332 e. The Balaban J connectivity index is 1.93. The normalized spacial score (nSPS) is 10.4. The molecular formula is C14H11N3S. The van der Waals surface area contributed by atoms with Crippen molar-refractivity contribution in [2.45, 2.75) is 0 Å². The van der Waals surface area contributed by atoms with Crippen LogP contribution in [-0.2, 0) is 0 Å². The molecule has 18 heavy (non-hydrogen) atoms. The predicted octanol–water partition coefficient (Wildman–Crippen LogP) is 3.28. The number of rotatable bonds is 1. The lowest BCUT2D eigenvalue weighted by Gasteiger charge is -2.09. The van der Waals surface area contributed by atoms with Gasteiger partial charge in [-0.25, -0.2) is 4.98 Å². The maximum atomic E-state index is 5.40. The predicted molar refractivity (Wildman–Crippen MR) is 77.8 cm³/mol. The molecule has 0 bridgehead atoms. The standard InChI is InChI=1S/C14H11N3S/c18-14(16-11-6-2-1-3-7-11)17-10-15-12-8-4-5-9-13(12)17/h1-10H,(H,16,18). The van der Waals surface area contributed by atoms with Crippen molar-refractivity contribution >= 4 is 34.1 Å². The van der Waals surface area contributed by atoms with Gasteiger partial charge in [0.2, 0.25) is 0 Å². The summed E-state index contributed by atoms with van der Waals surface area (Å²) in [5, 5.41) is 3.81. The third-order valence-electron chi connectivity index (χ3n) is 2.70. The number of para-hydroxylation sites is 3. The first-order valence-corrected chi connectivity index (χ1v) is 6.04. The van der Waals surface area contributed by atoms with E-state index in [0.717, 1.165) is 16.7 Å². The Bertz CT molecular complexity index is 688. The van der Waals surface area contributed by atoms with Gasteiger partial charge in [-0.3, -0.25) is 4.57 Å². The van der Waals surface area contributed by atoms with Crippen LogP contribution in [0, 0.1) is 0 Å². The number of aromatic nitrogens is 2. The van der Waals surface area contributed by atoms with Crippen LogP contribution in [0.5, 0.6) is 0 Å². The maximum Gasteiger partial charge on any atom is 0.183 e. The molecule has 0 saturated heterocycles. The fraction of sp³-hybridized carbons (Fsp3) is 0. The summed E-state index contributed by atoms with van der Waals surface area (Å²) in [4.78, 5) is 4.32. The fourth-order valence-electron chi connectivity index (χ4n) is 1.83. The number of benzene rings is 2. The summed E-state index contributed by atoms with van der Waals surface area (Å²) in [5.74, 6) is 0. The number of fused-ring (bicyclic) bond motifs is 1. The van der Waals surface area contributed by atoms with Crippen LogP contribution in [-0.4, -0.2) is 14.7 Å². The lowest BCUT2D eigenvalue weighted by molar-refractivity contribution is 1.18. The van der Waals surface area contributed by atoms with Crippen molar-refractivity contribution in [1.29, 1.82) is 0 Å². The Morgan fingerprint density at radius 1 is 1.00 bits per heavy atom. The van der Waals surface area contributed by atoms with Gasteiger partial charge in [-0.1, -0.05) is 30.3 Å². The van der Waals surface area contributed by atoms with Crippen LogP contribution in [0.2, 0.25) is 0 Å². The first-order valence-electron chi connectivity index (χ1n) is 5.63. The highest BCUT2D eigenvalue weighted by atomic mass is 32.1. The van der Waals surface area contributed by atoms with Gasteiger partial charge in [-0.15, -0.1) is 0 Å². The number of nitrogens with one attached hydrogen (secondary N) is 1. The van der Waals surface area contributed by atoms with E-state index in [9.17, 15) is 0 Å². The smallest absolute Gasteiger partial charge is 0.183 e. The zero-order valence-electron chi connectivity index (χ0n) is 9.58. The van der Waals surface area contributed by atoms with Crippen LogP contribution >= 0.6 is 12.2 Å². The molecule has 0 saturated carbocycles. The second-order valence-electron chi connectivity index (χ2n) is 3.90. The number of hydrogen-bond donors (Lipinski definition) is 1. The van der Waals surface area contributed by atoms with Gasteiger partial charge in [0.15, 0.2) is 5.11 Å². The highest BCUT2D eigenvalue weighted by molar-refractivity contribution is 7.80. The highest BCUT2D eigenvalue weighted by Crippen LogP contribution is 2.13. The van der Waals surface area contributed by atoms with Gasteiger partial charge in [-0.2, -0.15) is 0 Å². The molecule has 0 aliphatic heterocycles. The molecule has 4 heteroatoms. The van der Waals surface area contributed by atoms with Crippen LogP contribution in [0.1, 0.15) is 0 Å². The number of hydrogen-bond acceptors (Lipinski definition) is 2. The summed E-state index contributed by atoms with van der Waals surface area (Å²) in [5.41, 5.74) is 2.92. The third-order valence-corrected chi connectivity index (χ3v) is 3.00. The van der Waals surface area contributed by atoms with E-state index in [1.54, 1.807) is 6.33 Å². The molecule has 3 aromatic rings. The van der Waals surface area contributed by atoms with Gasteiger partial charge in [0.25, 0.3) is 0 Å². The summed E-state index contributed by atoms with van der Waals surface area (Å²) >= 11 is 5.40. The van der Waals surface area contributed by atoms with E-state index in [0.29, 0.717) is 5.11 Å². The van der Waals surface area contributed by atoms with Crippen molar-refractivity contribution < 1.29 is 0 Å². The molecule has 1 N–H and O–H groups in total. The Hall–Kier alpha value is -2.20. The molecule has 1 heterocycles. The second-order valence-corrected chi connectivity index (χ2v) is 4.29. The van der Waals surface area contributed by atoms with E-state index in [1.165, 1.54) is 0 Å². The summed E-state index contributed by atoms with van der Waals surface area (Å²) < 4.78 is 1.87. The molecule has 0 spiro atoms. The van der Waals surface area contributed by atoms with Gasteiger partial charge in [-0.05, 0) is 36.5 Å². The Kier molecular flexibility index (Phi) is 2.78. The molecule has 0 amide bonds. The average molecular weight is 253 g/mol. The number of thiocarbonyl (C=S) groups is 1. The zero-order valence-corrected chi connectivity index (χ0v) is 10.4. The van der Waals surface area contributed by atoms with E-state index >= 15 is 0 Å². The Labute approximate surface area is 110 Å². The monoisotopic (exact) mass is 253 g/mol. The number of nitrogens with zero attached hydrogens (tertiary/aromatic N) is 2. The summed E-state index contributed by atoms with van der Waals surface area (Å²) in [6.45, 7) is 0. The Morgan fingerprint density at radius 3 is 2.56 bits per heavy atom. The van der Waals surface area contributed by atoms with Crippen molar-refractivity contribution in [1.82, 2.24) is 9.55 Å². The van der Waals surface area contributed by atoms with Crippen molar-refractivity contribution in [3.8, 4) is 0 Å². The molecule has 0 fully saturated rings.